The Hall–Kier alpha value is -2.87. The molecule has 0 aliphatic heterocycles. The highest BCUT2D eigenvalue weighted by molar-refractivity contribution is 7.13. The lowest BCUT2D eigenvalue weighted by Gasteiger charge is -2.07. The van der Waals surface area contributed by atoms with Gasteiger partial charge in [0.25, 0.3) is 5.91 Å². The highest BCUT2D eigenvalue weighted by Gasteiger charge is 2.14. The summed E-state index contributed by atoms with van der Waals surface area (Å²) in [7, 11) is 1.54. The van der Waals surface area contributed by atoms with Crippen molar-refractivity contribution in [1.82, 2.24) is 4.98 Å². The van der Waals surface area contributed by atoms with E-state index in [1.165, 1.54) is 18.4 Å². The Morgan fingerprint density at radius 3 is 3.00 bits per heavy atom. The Morgan fingerprint density at radius 1 is 1.42 bits per heavy atom. The van der Waals surface area contributed by atoms with Crippen molar-refractivity contribution in [2.75, 3.05) is 30.9 Å². The molecular weight excluding hydrogens is 330 g/mol. The number of nitrogens with one attached hydrogen (secondary N) is 2. The van der Waals surface area contributed by atoms with Crippen LogP contribution in [0.2, 0.25) is 0 Å². The number of nitrogens with zero attached hydrogens (tertiary/aromatic N) is 1. The van der Waals surface area contributed by atoms with Crippen molar-refractivity contribution in [3.63, 3.8) is 0 Å². The number of esters is 1. The van der Waals surface area contributed by atoms with E-state index in [0.717, 1.165) is 0 Å². The Kier molecular flexibility index (Phi) is 6.32. The summed E-state index contributed by atoms with van der Waals surface area (Å²) in [5, 5.41) is 7.74. The van der Waals surface area contributed by atoms with Gasteiger partial charge in [-0.05, 0) is 12.1 Å². The highest BCUT2D eigenvalue weighted by Crippen LogP contribution is 2.17. The van der Waals surface area contributed by atoms with Crippen molar-refractivity contribution in [2.24, 2.45) is 0 Å². The molecule has 0 radical (unpaired) electrons. The highest BCUT2D eigenvalue weighted by atomic mass is 32.1. The Labute approximate surface area is 143 Å². The first-order valence-electron chi connectivity index (χ1n) is 7.03. The van der Waals surface area contributed by atoms with Crippen LogP contribution in [0.1, 0.15) is 10.5 Å². The molecule has 2 aromatic rings. The minimum absolute atomic E-state index is 0.153. The molecule has 0 saturated heterocycles. The summed E-state index contributed by atoms with van der Waals surface area (Å²) in [6.07, 6.45) is 1.68. The van der Waals surface area contributed by atoms with Crippen LogP contribution in [0.15, 0.2) is 42.3 Å². The van der Waals surface area contributed by atoms with E-state index >= 15 is 0 Å². The van der Waals surface area contributed by atoms with Crippen molar-refractivity contribution in [3.05, 3.63) is 48.0 Å². The molecule has 0 saturated carbocycles. The first-order valence-corrected chi connectivity index (χ1v) is 7.91. The molecule has 1 amide bonds. The Morgan fingerprint density at radius 2 is 2.25 bits per heavy atom. The summed E-state index contributed by atoms with van der Waals surface area (Å²) in [6, 6.07) is 6.88. The van der Waals surface area contributed by atoms with Gasteiger partial charge in [0.15, 0.2) is 17.4 Å². The molecule has 0 aliphatic rings. The summed E-state index contributed by atoms with van der Waals surface area (Å²) >= 11 is 1.27. The van der Waals surface area contributed by atoms with Gasteiger partial charge in [-0.25, -0.2) is 9.78 Å². The summed E-state index contributed by atoms with van der Waals surface area (Å²) in [6.45, 7) is 3.73. The molecular formula is C16H17N3O4S. The largest absolute Gasteiger partial charge is 0.497 e. The third kappa shape index (κ3) is 5.10. The smallest absolute Gasteiger partial charge is 0.358 e. The van der Waals surface area contributed by atoms with E-state index in [2.05, 4.69) is 22.2 Å². The second-order valence-electron chi connectivity index (χ2n) is 4.56. The number of anilines is 2. The third-order valence-corrected chi connectivity index (χ3v) is 3.60. The molecule has 0 bridgehead atoms. The van der Waals surface area contributed by atoms with E-state index in [4.69, 9.17) is 9.47 Å². The maximum absolute atomic E-state index is 11.9. The summed E-state index contributed by atoms with van der Waals surface area (Å²) < 4.78 is 10.0. The van der Waals surface area contributed by atoms with Gasteiger partial charge in [-0.1, -0.05) is 12.1 Å². The van der Waals surface area contributed by atoms with Gasteiger partial charge in [0.1, 0.15) is 5.75 Å². The average molecular weight is 347 g/mol. The van der Waals surface area contributed by atoms with Gasteiger partial charge in [-0.2, -0.15) is 0 Å². The minimum Gasteiger partial charge on any atom is -0.497 e. The zero-order valence-electron chi connectivity index (χ0n) is 13.1. The number of thiazole rings is 1. The number of aromatic nitrogens is 1. The van der Waals surface area contributed by atoms with Crippen LogP contribution >= 0.6 is 11.3 Å². The first kappa shape index (κ1) is 17.5. The zero-order chi connectivity index (χ0) is 17.4. The number of benzene rings is 1. The van der Waals surface area contributed by atoms with Crippen LogP contribution < -0.4 is 15.4 Å². The lowest BCUT2D eigenvalue weighted by atomic mass is 10.3. The monoisotopic (exact) mass is 347 g/mol. The van der Waals surface area contributed by atoms with E-state index in [1.54, 1.807) is 35.7 Å². The number of ether oxygens (including phenoxy) is 2. The number of rotatable bonds is 8. The number of carbonyl (C=O) groups is 2. The SMILES string of the molecule is C=CCNc1nc(C(=O)OCC(=O)Nc2cccc(OC)c2)cs1. The van der Waals surface area contributed by atoms with E-state index in [-0.39, 0.29) is 5.69 Å². The molecule has 2 rings (SSSR count). The Bertz CT molecular complexity index is 730. The molecule has 24 heavy (non-hydrogen) atoms. The summed E-state index contributed by atoms with van der Waals surface area (Å²) in [5.41, 5.74) is 0.709. The molecule has 2 N–H and O–H groups in total. The topological polar surface area (TPSA) is 89.5 Å². The van der Waals surface area contributed by atoms with Crippen LogP contribution in [-0.4, -0.2) is 37.1 Å². The van der Waals surface area contributed by atoms with E-state index < -0.39 is 18.5 Å². The number of hydrogen-bond acceptors (Lipinski definition) is 7. The lowest BCUT2D eigenvalue weighted by Crippen LogP contribution is -2.21. The molecule has 1 heterocycles. The Balaban J connectivity index is 1.83. The van der Waals surface area contributed by atoms with Gasteiger partial charge in [-0.3, -0.25) is 4.79 Å². The van der Waals surface area contributed by atoms with Crippen LogP contribution in [0.5, 0.6) is 5.75 Å². The molecule has 0 fully saturated rings. The fourth-order valence-electron chi connectivity index (χ4n) is 1.71. The number of amides is 1. The summed E-state index contributed by atoms with van der Waals surface area (Å²) in [5.74, 6) is -0.484. The van der Waals surface area contributed by atoms with Crippen molar-refractivity contribution in [1.29, 1.82) is 0 Å². The standard InChI is InChI=1S/C16H17N3O4S/c1-3-7-17-16-19-13(10-24-16)15(21)23-9-14(20)18-11-5-4-6-12(8-11)22-2/h3-6,8,10H,1,7,9H2,2H3,(H,17,19)(H,18,20). The quantitative estimate of drug-likeness (QED) is 0.563. The molecule has 0 atom stereocenters. The minimum atomic E-state index is -0.654. The maximum atomic E-state index is 11.9. The molecule has 0 aliphatic carbocycles. The van der Waals surface area contributed by atoms with E-state index in [9.17, 15) is 9.59 Å². The third-order valence-electron chi connectivity index (χ3n) is 2.80. The first-order chi connectivity index (χ1) is 11.6. The average Bonchev–Trinajstić information content (AvgIpc) is 3.07. The van der Waals surface area contributed by atoms with Gasteiger partial charge < -0.3 is 20.1 Å². The van der Waals surface area contributed by atoms with Crippen LogP contribution in [0.4, 0.5) is 10.8 Å². The van der Waals surface area contributed by atoms with Crippen LogP contribution in [0.3, 0.4) is 0 Å². The van der Waals surface area contributed by atoms with Crippen molar-refractivity contribution < 1.29 is 19.1 Å². The van der Waals surface area contributed by atoms with Gasteiger partial charge >= 0.3 is 5.97 Å². The normalized spacial score (nSPS) is 9.88. The van der Waals surface area contributed by atoms with Gasteiger partial charge in [0.05, 0.1) is 7.11 Å². The van der Waals surface area contributed by atoms with E-state index in [0.29, 0.717) is 23.1 Å². The van der Waals surface area contributed by atoms with Gasteiger partial charge in [0, 0.05) is 23.7 Å². The number of methoxy groups -OCH3 is 1. The molecule has 126 valence electrons. The fourth-order valence-corrected chi connectivity index (χ4v) is 2.40. The molecule has 0 spiro atoms. The number of carbonyl (C=O) groups excluding carboxylic acids is 2. The van der Waals surface area contributed by atoms with Crippen LogP contribution in [-0.2, 0) is 9.53 Å². The predicted molar refractivity (Wildman–Crippen MR) is 92.7 cm³/mol. The van der Waals surface area contributed by atoms with Crippen molar-refractivity contribution in [2.45, 2.75) is 0 Å². The molecule has 1 aromatic carbocycles. The van der Waals surface area contributed by atoms with Crippen LogP contribution in [0, 0.1) is 0 Å². The second kappa shape index (κ2) is 8.68. The van der Waals surface area contributed by atoms with Gasteiger partial charge in [0.2, 0.25) is 0 Å². The lowest BCUT2D eigenvalue weighted by molar-refractivity contribution is -0.119. The fraction of sp³-hybridized carbons (Fsp3) is 0.188. The van der Waals surface area contributed by atoms with Crippen LogP contribution in [0.25, 0.3) is 0 Å². The molecule has 7 nitrogen and oxygen atoms in total. The molecule has 8 heteroatoms. The van der Waals surface area contributed by atoms with Crippen molar-refractivity contribution >= 4 is 34.0 Å². The van der Waals surface area contributed by atoms with E-state index in [1.807, 2.05) is 0 Å². The second-order valence-corrected chi connectivity index (χ2v) is 5.42. The maximum Gasteiger partial charge on any atom is 0.358 e. The number of hydrogen-bond donors (Lipinski definition) is 2. The predicted octanol–water partition coefficient (Wildman–Crippen LogP) is 2.55. The molecule has 0 unspecified atom stereocenters. The van der Waals surface area contributed by atoms with Crippen molar-refractivity contribution in [3.8, 4) is 5.75 Å². The van der Waals surface area contributed by atoms with Gasteiger partial charge in [-0.15, -0.1) is 17.9 Å². The zero-order valence-corrected chi connectivity index (χ0v) is 13.9. The molecule has 1 aromatic heterocycles. The summed E-state index contributed by atoms with van der Waals surface area (Å²) in [4.78, 5) is 27.8.